The summed E-state index contributed by atoms with van der Waals surface area (Å²) in [5, 5.41) is 9.82. The largest absolute Gasteiger partial charge is 0.511 e. The van der Waals surface area contributed by atoms with Crippen LogP contribution in [0.1, 0.15) is 40.0 Å². The molecule has 1 aliphatic carbocycles. The standard InChI is InChI=1S/C12H19NO2/c1-4-9-6-10(14)12(11(15)7-9)8(3)13-5-2/h9,14H,4-7H2,1-3H3. The first-order valence-electron chi connectivity index (χ1n) is 5.56. The predicted molar refractivity (Wildman–Crippen MR) is 61.3 cm³/mol. The first-order valence-corrected chi connectivity index (χ1v) is 5.56. The lowest BCUT2D eigenvalue weighted by molar-refractivity contribution is -0.116. The van der Waals surface area contributed by atoms with Crippen molar-refractivity contribution in [3.05, 3.63) is 11.3 Å². The maximum Gasteiger partial charge on any atom is 0.168 e. The van der Waals surface area contributed by atoms with Gasteiger partial charge in [-0.1, -0.05) is 13.3 Å². The molecule has 1 aliphatic rings. The third-order valence-electron chi connectivity index (χ3n) is 2.86. The zero-order valence-corrected chi connectivity index (χ0v) is 9.71. The van der Waals surface area contributed by atoms with Gasteiger partial charge in [0.1, 0.15) is 5.76 Å². The number of rotatable bonds is 3. The van der Waals surface area contributed by atoms with Crippen molar-refractivity contribution >= 4 is 11.5 Å². The molecule has 0 fully saturated rings. The van der Waals surface area contributed by atoms with Gasteiger partial charge in [0.25, 0.3) is 0 Å². The van der Waals surface area contributed by atoms with Crippen LogP contribution in [-0.2, 0) is 4.79 Å². The van der Waals surface area contributed by atoms with Crippen LogP contribution < -0.4 is 0 Å². The number of allylic oxidation sites excluding steroid dienone is 2. The summed E-state index contributed by atoms with van der Waals surface area (Å²) < 4.78 is 0. The summed E-state index contributed by atoms with van der Waals surface area (Å²) in [5.74, 6) is 0.573. The van der Waals surface area contributed by atoms with Crippen LogP contribution in [0.2, 0.25) is 0 Å². The van der Waals surface area contributed by atoms with Crippen molar-refractivity contribution in [2.24, 2.45) is 10.9 Å². The fraction of sp³-hybridized carbons (Fsp3) is 0.667. The number of hydrogen-bond acceptors (Lipinski definition) is 3. The molecule has 0 aromatic heterocycles. The van der Waals surface area contributed by atoms with Gasteiger partial charge in [-0.2, -0.15) is 0 Å². The second-order valence-electron chi connectivity index (χ2n) is 3.99. The molecule has 84 valence electrons. The molecule has 1 N–H and O–H groups in total. The molecular weight excluding hydrogens is 190 g/mol. The van der Waals surface area contributed by atoms with E-state index in [1.807, 2.05) is 13.8 Å². The van der Waals surface area contributed by atoms with E-state index in [1.54, 1.807) is 6.92 Å². The molecule has 0 bridgehead atoms. The van der Waals surface area contributed by atoms with Crippen LogP contribution in [0.15, 0.2) is 16.3 Å². The topological polar surface area (TPSA) is 49.7 Å². The molecular formula is C12H19NO2. The highest BCUT2D eigenvalue weighted by molar-refractivity contribution is 6.22. The Kier molecular flexibility index (Phi) is 4.06. The monoisotopic (exact) mass is 209 g/mol. The third kappa shape index (κ3) is 2.67. The van der Waals surface area contributed by atoms with E-state index < -0.39 is 0 Å². The van der Waals surface area contributed by atoms with E-state index in [9.17, 15) is 9.90 Å². The minimum Gasteiger partial charge on any atom is -0.511 e. The average molecular weight is 209 g/mol. The van der Waals surface area contributed by atoms with Gasteiger partial charge in [-0.3, -0.25) is 9.79 Å². The number of carbonyl (C=O) groups is 1. The van der Waals surface area contributed by atoms with Crippen molar-refractivity contribution in [3.63, 3.8) is 0 Å². The summed E-state index contributed by atoms with van der Waals surface area (Å²) in [6, 6.07) is 0. The Labute approximate surface area is 90.9 Å². The van der Waals surface area contributed by atoms with E-state index in [1.165, 1.54) is 0 Å². The van der Waals surface area contributed by atoms with Crippen LogP contribution in [0, 0.1) is 5.92 Å². The van der Waals surface area contributed by atoms with Gasteiger partial charge in [-0.25, -0.2) is 0 Å². The Bertz CT molecular complexity index is 316. The normalized spacial score (nSPS) is 23.5. The molecule has 0 amide bonds. The van der Waals surface area contributed by atoms with E-state index in [0.29, 0.717) is 36.6 Å². The molecule has 0 saturated heterocycles. The van der Waals surface area contributed by atoms with Crippen molar-refractivity contribution in [1.82, 2.24) is 0 Å². The molecule has 0 aliphatic heterocycles. The fourth-order valence-electron chi connectivity index (χ4n) is 1.99. The number of aliphatic imine (C=N–C) groups is 1. The van der Waals surface area contributed by atoms with Gasteiger partial charge in [0, 0.05) is 25.1 Å². The molecule has 0 aromatic carbocycles. The van der Waals surface area contributed by atoms with Crippen molar-refractivity contribution in [2.75, 3.05) is 6.54 Å². The second kappa shape index (κ2) is 5.10. The number of ketones is 1. The Morgan fingerprint density at radius 3 is 2.60 bits per heavy atom. The van der Waals surface area contributed by atoms with E-state index in [2.05, 4.69) is 4.99 Å². The van der Waals surface area contributed by atoms with Crippen LogP contribution in [-0.4, -0.2) is 23.1 Å². The van der Waals surface area contributed by atoms with Crippen LogP contribution in [0.3, 0.4) is 0 Å². The van der Waals surface area contributed by atoms with Gasteiger partial charge in [-0.15, -0.1) is 0 Å². The van der Waals surface area contributed by atoms with Crippen molar-refractivity contribution in [1.29, 1.82) is 0 Å². The summed E-state index contributed by atoms with van der Waals surface area (Å²) in [4.78, 5) is 16.0. The lowest BCUT2D eigenvalue weighted by Crippen LogP contribution is -2.23. The smallest absolute Gasteiger partial charge is 0.168 e. The zero-order chi connectivity index (χ0) is 11.4. The van der Waals surface area contributed by atoms with Gasteiger partial charge in [0.2, 0.25) is 0 Å². The molecule has 0 aromatic rings. The summed E-state index contributed by atoms with van der Waals surface area (Å²) in [7, 11) is 0. The summed E-state index contributed by atoms with van der Waals surface area (Å²) in [6.07, 6.45) is 2.10. The van der Waals surface area contributed by atoms with Gasteiger partial charge < -0.3 is 5.11 Å². The highest BCUT2D eigenvalue weighted by atomic mass is 16.3. The minimum atomic E-state index is 0.0419. The lowest BCUT2D eigenvalue weighted by atomic mass is 9.84. The molecule has 0 saturated carbocycles. The summed E-state index contributed by atoms with van der Waals surface area (Å²) >= 11 is 0. The first kappa shape index (κ1) is 12.0. The predicted octanol–water partition coefficient (Wildman–Crippen LogP) is 2.67. The summed E-state index contributed by atoms with van der Waals surface area (Å²) in [5.41, 5.74) is 1.14. The van der Waals surface area contributed by atoms with Crippen molar-refractivity contribution in [2.45, 2.75) is 40.0 Å². The van der Waals surface area contributed by atoms with Crippen LogP contribution >= 0.6 is 0 Å². The average Bonchev–Trinajstić information content (AvgIpc) is 2.16. The molecule has 1 atom stereocenters. The van der Waals surface area contributed by atoms with Gasteiger partial charge in [0.05, 0.1) is 5.57 Å². The Balaban J connectivity index is 2.96. The van der Waals surface area contributed by atoms with Gasteiger partial charge in [0.15, 0.2) is 5.78 Å². The van der Waals surface area contributed by atoms with Crippen molar-refractivity contribution in [3.8, 4) is 0 Å². The van der Waals surface area contributed by atoms with Crippen LogP contribution in [0.5, 0.6) is 0 Å². The maximum atomic E-state index is 11.8. The molecule has 0 spiro atoms. The summed E-state index contributed by atoms with van der Waals surface area (Å²) in [6.45, 7) is 6.40. The number of Topliss-reactive ketones (excluding diaryl/α,β-unsaturated/α-hetero) is 1. The van der Waals surface area contributed by atoms with E-state index in [4.69, 9.17) is 0 Å². The molecule has 0 radical (unpaired) electrons. The number of aliphatic hydroxyl groups is 1. The molecule has 15 heavy (non-hydrogen) atoms. The molecule has 3 heteroatoms. The van der Waals surface area contributed by atoms with E-state index >= 15 is 0 Å². The molecule has 0 heterocycles. The Morgan fingerprint density at radius 2 is 2.13 bits per heavy atom. The van der Waals surface area contributed by atoms with Gasteiger partial charge in [-0.05, 0) is 19.8 Å². The quantitative estimate of drug-likeness (QED) is 0.726. The molecule has 1 unspecified atom stereocenters. The highest BCUT2D eigenvalue weighted by Crippen LogP contribution is 2.28. The Morgan fingerprint density at radius 1 is 1.47 bits per heavy atom. The minimum absolute atomic E-state index is 0.0419. The fourth-order valence-corrected chi connectivity index (χ4v) is 1.99. The SMILES string of the molecule is CCN=C(C)C1=C(O)CC(CC)CC1=O. The molecule has 3 nitrogen and oxygen atoms in total. The number of nitrogens with zero attached hydrogens (tertiary/aromatic N) is 1. The number of hydrogen-bond donors (Lipinski definition) is 1. The zero-order valence-electron chi connectivity index (χ0n) is 9.71. The second-order valence-corrected chi connectivity index (χ2v) is 3.99. The molecule has 1 rings (SSSR count). The van der Waals surface area contributed by atoms with Crippen molar-refractivity contribution < 1.29 is 9.90 Å². The number of aliphatic hydroxyl groups excluding tert-OH is 1. The van der Waals surface area contributed by atoms with Crippen LogP contribution in [0.25, 0.3) is 0 Å². The number of carbonyl (C=O) groups excluding carboxylic acids is 1. The van der Waals surface area contributed by atoms with E-state index in [-0.39, 0.29) is 11.5 Å². The maximum absolute atomic E-state index is 11.8. The van der Waals surface area contributed by atoms with E-state index in [0.717, 1.165) is 6.42 Å². The Hall–Kier alpha value is -1.12. The third-order valence-corrected chi connectivity index (χ3v) is 2.86. The van der Waals surface area contributed by atoms with Crippen LogP contribution in [0.4, 0.5) is 0 Å². The highest BCUT2D eigenvalue weighted by Gasteiger charge is 2.27. The first-order chi connectivity index (χ1) is 7.10. The lowest BCUT2D eigenvalue weighted by Gasteiger charge is -2.22. The van der Waals surface area contributed by atoms with Gasteiger partial charge >= 0.3 is 0 Å².